The molecule has 0 radical (unpaired) electrons. The van der Waals surface area contributed by atoms with Crippen molar-refractivity contribution in [2.45, 2.75) is 19.4 Å². The standard InChI is InChI=1S/C10H11O2.C2H3.Co.O/c1-10(2,12)9(11)8-6-4-3-5-7-8;1-2;;/h4-7,12H,1-2H3;1H,2H2;;/q2*-1;;. The van der Waals surface area contributed by atoms with Crippen LogP contribution < -0.4 is 0 Å². The molecule has 0 fully saturated rings. The van der Waals surface area contributed by atoms with Crippen LogP contribution in [0.2, 0.25) is 0 Å². The van der Waals surface area contributed by atoms with Crippen LogP contribution in [0, 0.1) is 12.6 Å². The SMILES string of the molecule is CC(C)(O)C(=O)c1cc[c-]cc1.[CH-]=C.[O]=[Co]. The van der Waals surface area contributed by atoms with Crippen LogP contribution in [0.15, 0.2) is 30.8 Å². The van der Waals surface area contributed by atoms with Crippen molar-refractivity contribution < 1.29 is 29.4 Å². The molecule has 0 unspecified atom stereocenters. The minimum absolute atomic E-state index is 0.267. The zero-order chi connectivity index (χ0) is 13.2. The molecule has 0 aliphatic carbocycles. The Morgan fingerprint density at radius 1 is 1.38 bits per heavy atom. The van der Waals surface area contributed by atoms with E-state index in [0.717, 1.165) is 0 Å². The van der Waals surface area contributed by atoms with Crippen LogP contribution in [-0.4, -0.2) is 16.5 Å². The van der Waals surface area contributed by atoms with Crippen molar-refractivity contribution in [1.29, 1.82) is 0 Å². The van der Waals surface area contributed by atoms with Crippen LogP contribution in [-0.2, 0) is 19.5 Å². The molecule has 91 valence electrons. The summed E-state index contributed by atoms with van der Waals surface area (Å²) in [5.74, 6) is -0.267. The Kier molecular flexibility index (Phi) is 9.89. The molecule has 3 nitrogen and oxygen atoms in total. The molecule has 1 rings (SSSR count). The summed E-state index contributed by atoms with van der Waals surface area (Å²) >= 11 is 2.31. The Balaban J connectivity index is 0. The Labute approximate surface area is 104 Å². The van der Waals surface area contributed by atoms with Gasteiger partial charge >= 0.3 is 19.5 Å². The van der Waals surface area contributed by atoms with E-state index >= 15 is 0 Å². The van der Waals surface area contributed by atoms with E-state index in [1.807, 2.05) is 0 Å². The average molecular weight is 265 g/mol. The van der Waals surface area contributed by atoms with Gasteiger partial charge in [-0.15, -0.1) is 0 Å². The summed E-state index contributed by atoms with van der Waals surface area (Å²) in [6.45, 7) is 9.96. The third-order valence-corrected chi connectivity index (χ3v) is 1.54. The Morgan fingerprint density at radius 2 is 1.75 bits per heavy atom. The minimum atomic E-state index is -1.29. The fraction of sp³-hybridized carbons (Fsp3) is 0.250. The molecule has 1 aromatic carbocycles. The Hall–Kier alpha value is -1.10. The van der Waals surface area contributed by atoms with Crippen molar-refractivity contribution in [3.63, 3.8) is 0 Å². The average Bonchev–Trinajstić information content (AvgIpc) is 2.33. The zero-order valence-electron chi connectivity index (χ0n) is 9.19. The van der Waals surface area contributed by atoms with Crippen LogP contribution in [0.1, 0.15) is 24.2 Å². The van der Waals surface area contributed by atoms with E-state index in [2.05, 4.69) is 34.9 Å². The van der Waals surface area contributed by atoms with E-state index < -0.39 is 5.60 Å². The molecule has 0 aliphatic heterocycles. The third-order valence-electron chi connectivity index (χ3n) is 1.54. The second-order valence-corrected chi connectivity index (χ2v) is 3.18. The second kappa shape index (κ2) is 9.15. The maximum atomic E-state index is 11.4. The number of rotatable bonds is 2. The summed E-state index contributed by atoms with van der Waals surface area (Å²) in [5, 5.41) is 9.38. The molecule has 4 heteroatoms. The molecular formula is C12H14CoO3-2. The van der Waals surface area contributed by atoms with Gasteiger partial charge < -0.3 is 11.7 Å². The van der Waals surface area contributed by atoms with E-state index in [1.54, 1.807) is 24.3 Å². The van der Waals surface area contributed by atoms with Gasteiger partial charge in [0.05, 0.1) is 0 Å². The molecule has 0 aromatic heterocycles. The number of hydrogen-bond donors (Lipinski definition) is 1. The molecule has 0 saturated carbocycles. The van der Waals surface area contributed by atoms with E-state index in [1.165, 1.54) is 13.8 Å². The fourth-order valence-corrected chi connectivity index (χ4v) is 0.891. The van der Waals surface area contributed by atoms with Crippen molar-refractivity contribution in [2.75, 3.05) is 0 Å². The number of benzene rings is 1. The molecule has 1 aromatic rings. The first kappa shape index (κ1) is 17.3. The number of aliphatic hydroxyl groups is 1. The van der Waals surface area contributed by atoms with Gasteiger partial charge in [0, 0.05) is 0 Å². The molecule has 0 bridgehead atoms. The van der Waals surface area contributed by atoms with Crippen LogP contribution in [0.5, 0.6) is 0 Å². The van der Waals surface area contributed by atoms with Gasteiger partial charge in [0.2, 0.25) is 0 Å². The monoisotopic (exact) mass is 265 g/mol. The topological polar surface area (TPSA) is 54.4 Å². The normalized spacial score (nSPS) is 9.00. The molecule has 0 spiro atoms. The molecule has 0 aliphatic rings. The molecule has 0 atom stereocenters. The van der Waals surface area contributed by atoms with E-state index in [0.29, 0.717) is 5.56 Å². The summed E-state index contributed by atoms with van der Waals surface area (Å²) in [7, 11) is 0. The van der Waals surface area contributed by atoms with Crippen molar-refractivity contribution in [2.24, 2.45) is 0 Å². The van der Waals surface area contributed by atoms with E-state index in [4.69, 9.17) is 3.87 Å². The summed E-state index contributed by atoms with van der Waals surface area (Å²) in [5.41, 5.74) is -0.775. The number of carbonyl (C=O) groups is 1. The molecule has 1 N–H and O–H groups in total. The van der Waals surface area contributed by atoms with Gasteiger partial charge in [-0.3, -0.25) is 11.4 Å². The summed E-state index contributed by atoms with van der Waals surface area (Å²) < 4.78 is 7.94. The van der Waals surface area contributed by atoms with Gasteiger partial charge in [0.15, 0.2) is 5.78 Å². The molecule has 0 saturated heterocycles. The number of hydrogen-bond acceptors (Lipinski definition) is 3. The first-order valence-corrected chi connectivity index (χ1v) is 4.72. The first-order chi connectivity index (χ1) is 7.52. The van der Waals surface area contributed by atoms with Crippen LogP contribution in [0.25, 0.3) is 0 Å². The number of Topliss-reactive ketones (excluding diaryl/α,β-unsaturated/α-hetero) is 1. The van der Waals surface area contributed by atoms with Gasteiger partial charge in [0.1, 0.15) is 5.60 Å². The molecular weight excluding hydrogens is 251 g/mol. The third kappa shape index (κ3) is 6.39. The fourth-order valence-electron chi connectivity index (χ4n) is 0.891. The van der Waals surface area contributed by atoms with Gasteiger partial charge in [-0.25, -0.2) is 0 Å². The predicted molar refractivity (Wildman–Crippen MR) is 56.5 cm³/mol. The maximum absolute atomic E-state index is 11.4. The van der Waals surface area contributed by atoms with Gasteiger partial charge in [-0.05, 0) is 13.8 Å². The van der Waals surface area contributed by atoms with Crippen molar-refractivity contribution in [3.05, 3.63) is 49.1 Å². The van der Waals surface area contributed by atoms with E-state index in [9.17, 15) is 9.90 Å². The molecule has 16 heavy (non-hydrogen) atoms. The van der Waals surface area contributed by atoms with Crippen molar-refractivity contribution >= 4 is 5.78 Å². The van der Waals surface area contributed by atoms with E-state index in [-0.39, 0.29) is 5.78 Å². The predicted octanol–water partition coefficient (Wildman–Crippen LogP) is 1.92. The van der Waals surface area contributed by atoms with Crippen LogP contribution in [0.3, 0.4) is 0 Å². The quantitative estimate of drug-likeness (QED) is 0.656. The van der Waals surface area contributed by atoms with Gasteiger partial charge in [0.25, 0.3) is 0 Å². The number of carbonyl (C=O) groups excluding carboxylic acids is 1. The van der Waals surface area contributed by atoms with Crippen LogP contribution in [0.4, 0.5) is 0 Å². The Bertz CT molecular complexity index is 302. The molecule has 0 amide bonds. The van der Waals surface area contributed by atoms with Crippen molar-refractivity contribution in [3.8, 4) is 0 Å². The van der Waals surface area contributed by atoms with Crippen molar-refractivity contribution in [1.82, 2.24) is 0 Å². The summed E-state index contributed by atoms with van der Waals surface area (Å²) in [6.07, 6.45) is 0. The number of ketones is 1. The second-order valence-electron chi connectivity index (χ2n) is 3.18. The van der Waals surface area contributed by atoms with Gasteiger partial charge in [-0.2, -0.15) is 30.3 Å². The van der Waals surface area contributed by atoms with Gasteiger partial charge in [-0.1, -0.05) is 5.56 Å². The zero-order valence-corrected chi connectivity index (χ0v) is 10.2. The molecule has 0 heterocycles. The summed E-state index contributed by atoms with van der Waals surface area (Å²) in [4.78, 5) is 11.4. The first-order valence-electron chi connectivity index (χ1n) is 4.29. The van der Waals surface area contributed by atoms with Crippen LogP contribution >= 0.6 is 0 Å². The summed E-state index contributed by atoms with van der Waals surface area (Å²) in [6, 6.07) is 9.39. The Morgan fingerprint density at radius 3 is 2.06 bits per heavy atom.